The molecule has 4 atom stereocenters. The van der Waals surface area contributed by atoms with Crippen LogP contribution < -0.4 is 5.32 Å². The molecule has 3 N–H and O–H groups in total. The van der Waals surface area contributed by atoms with Gasteiger partial charge in [0, 0.05) is 6.07 Å². The van der Waals surface area contributed by atoms with E-state index in [0.717, 1.165) is 6.42 Å². The minimum atomic E-state index is -0.892. The minimum absolute atomic E-state index is 0.0857. The summed E-state index contributed by atoms with van der Waals surface area (Å²) in [5, 5.41) is 26.1. The molecule has 2 unspecified atom stereocenters. The van der Waals surface area contributed by atoms with E-state index in [1.165, 1.54) is 12.3 Å². The fourth-order valence-electron chi connectivity index (χ4n) is 3.07. The maximum Gasteiger partial charge on any atom is 0.273 e. The minimum Gasteiger partial charge on any atom is -0.390 e. The lowest BCUT2D eigenvalue weighted by Crippen LogP contribution is -2.56. The van der Waals surface area contributed by atoms with Crippen LogP contribution in [-0.2, 0) is 0 Å². The Morgan fingerprint density at radius 2 is 2.41 bits per heavy atom. The lowest BCUT2D eigenvalue weighted by atomic mass is 9.89. The van der Waals surface area contributed by atoms with Gasteiger partial charge in [-0.2, -0.15) is 0 Å². The number of hydrogen-bond acceptors (Lipinski definition) is 5. The van der Waals surface area contributed by atoms with E-state index in [4.69, 9.17) is 0 Å². The SMILES string of the molecule is O=C(NC12CCC(C1)[C@H](O)[C@@H]2O)c1ccon1. The predicted molar refractivity (Wildman–Crippen MR) is 56.1 cm³/mol. The van der Waals surface area contributed by atoms with Crippen LogP contribution >= 0.6 is 0 Å². The van der Waals surface area contributed by atoms with Crippen LogP contribution in [0.15, 0.2) is 16.9 Å². The number of fused-ring (bicyclic) bond motifs is 2. The van der Waals surface area contributed by atoms with Crippen LogP contribution in [0.5, 0.6) is 0 Å². The number of amides is 1. The molecule has 17 heavy (non-hydrogen) atoms. The molecule has 1 amide bonds. The Hall–Kier alpha value is -1.40. The average molecular weight is 238 g/mol. The molecule has 2 aliphatic rings. The first-order valence-electron chi connectivity index (χ1n) is 5.71. The van der Waals surface area contributed by atoms with Gasteiger partial charge in [0.1, 0.15) is 12.4 Å². The van der Waals surface area contributed by atoms with E-state index in [2.05, 4.69) is 15.0 Å². The smallest absolute Gasteiger partial charge is 0.273 e. The molecule has 2 aliphatic carbocycles. The molecular formula is C11H14N2O4. The van der Waals surface area contributed by atoms with Gasteiger partial charge in [0.25, 0.3) is 5.91 Å². The summed E-state index contributed by atoms with van der Waals surface area (Å²) in [6.07, 6.45) is 1.85. The van der Waals surface area contributed by atoms with Crippen molar-refractivity contribution in [1.82, 2.24) is 10.5 Å². The summed E-state index contributed by atoms with van der Waals surface area (Å²) < 4.78 is 4.60. The number of aromatic nitrogens is 1. The van der Waals surface area contributed by atoms with Crippen molar-refractivity contribution in [3.05, 3.63) is 18.0 Å². The Morgan fingerprint density at radius 3 is 3.00 bits per heavy atom. The normalized spacial score (nSPS) is 39.5. The number of hydrogen-bond donors (Lipinski definition) is 3. The first-order valence-corrected chi connectivity index (χ1v) is 5.71. The Kier molecular flexibility index (Phi) is 2.24. The zero-order chi connectivity index (χ0) is 12.0. The van der Waals surface area contributed by atoms with Crippen molar-refractivity contribution in [1.29, 1.82) is 0 Å². The number of carbonyl (C=O) groups is 1. The summed E-state index contributed by atoms with van der Waals surface area (Å²) in [6, 6.07) is 1.47. The molecule has 6 nitrogen and oxygen atoms in total. The standard InChI is InChI=1S/C11H14N2O4/c14-8-6-1-3-11(5-6,9(8)15)12-10(16)7-2-4-17-13-7/h2,4,6,8-9,14-15H,1,3,5H2,(H,12,16)/t6?,8-,9-,11?/m0/s1. The monoisotopic (exact) mass is 238 g/mol. The quantitative estimate of drug-likeness (QED) is 0.656. The molecule has 0 spiro atoms. The van der Waals surface area contributed by atoms with Gasteiger partial charge in [0.05, 0.1) is 11.6 Å². The van der Waals surface area contributed by atoms with Crippen molar-refractivity contribution < 1.29 is 19.5 Å². The van der Waals surface area contributed by atoms with Gasteiger partial charge < -0.3 is 20.1 Å². The van der Waals surface area contributed by atoms with Crippen molar-refractivity contribution in [3.63, 3.8) is 0 Å². The number of carbonyl (C=O) groups excluding carboxylic acids is 1. The van der Waals surface area contributed by atoms with Gasteiger partial charge in [-0.05, 0) is 25.2 Å². The highest BCUT2D eigenvalue weighted by Gasteiger charge is 2.57. The maximum absolute atomic E-state index is 11.9. The third-order valence-corrected chi connectivity index (χ3v) is 3.99. The van der Waals surface area contributed by atoms with Gasteiger partial charge in [-0.3, -0.25) is 4.79 Å². The first kappa shape index (κ1) is 10.7. The van der Waals surface area contributed by atoms with Crippen LogP contribution in [0.25, 0.3) is 0 Å². The number of aliphatic hydroxyl groups excluding tert-OH is 2. The second-order valence-corrected chi connectivity index (χ2v) is 4.93. The average Bonchev–Trinajstić information content (AvgIpc) is 2.98. The zero-order valence-corrected chi connectivity index (χ0v) is 9.17. The molecule has 0 aliphatic heterocycles. The Balaban J connectivity index is 1.79. The van der Waals surface area contributed by atoms with Gasteiger partial charge >= 0.3 is 0 Å². The summed E-state index contributed by atoms with van der Waals surface area (Å²) in [5.41, 5.74) is -0.503. The fraction of sp³-hybridized carbons (Fsp3) is 0.636. The molecule has 0 aromatic carbocycles. The maximum atomic E-state index is 11.9. The topological polar surface area (TPSA) is 95.6 Å². The number of rotatable bonds is 2. The van der Waals surface area contributed by atoms with Gasteiger partial charge in [0.15, 0.2) is 5.69 Å². The third-order valence-electron chi connectivity index (χ3n) is 3.99. The molecule has 2 saturated carbocycles. The number of nitrogens with one attached hydrogen (secondary N) is 1. The summed E-state index contributed by atoms with van der Waals surface area (Å²) in [6.45, 7) is 0. The summed E-state index contributed by atoms with van der Waals surface area (Å²) in [4.78, 5) is 11.9. The second-order valence-electron chi connectivity index (χ2n) is 4.93. The van der Waals surface area contributed by atoms with Crippen molar-refractivity contribution in [2.45, 2.75) is 37.0 Å². The zero-order valence-electron chi connectivity index (χ0n) is 9.17. The highest BCUT2D eigenvalue weighted by molar-refractivity contribution is 5.92. The third kappa shape index (κ3) is 1.48. The van der Waals surface area contributed by atoms with Crippen LogP contribution in [0.3, 0.4) is 0 Å². The predicted octanol–water partition coefficient (Wildman–Crippen LogP) is -0.321. The van der Waals surface area contributed by atoms with E-state index >= 15 is 0 Å². The molecule has 2 bridgehead atoms. The lowest BCUT2D eigenvalue weighted by molar-refractivity contribution is -0.0321. The van der Waals surface area contributed by atoms with Crippen molar-refractivity contribution in [2.75, 3.05) is 0 Å². The Morgan fingerprint density at radius 1 is 1.59 bits per heavy atom. The van der Waals surface area contributed by atoms with Crippen LogP contribution in [0, 0.1) is 5.92 Å². The highest BCUT2D eigenvalue weighted by atomic mass is 16.5. The molecule has 6 heteroatoms. The van der Waals surface area contributed by atoms with E-state index in [1.807, 2.05) is 0 Å². The largest absolute Gasteiger partial charge is 0.390 e. The molecule has 2 fully saturated rings. The van der Waals surface area contributed by atoms with E-state index in [1.54, 1.807) is 0 Å². The van der Waals surface area contributed by atoms with E-state index in [9.17, 15) is 15.0 Å². The molecule has 1 heterocycles. The van der Waals surface area contributed by atoms with Crippen molar-refractivity contribution >= 4 is 5.91 Å². The van der Waals surface area contributed by atoms with Crippen molar-refractivity contribution in [2.24, 2.45) is 5.92 Å². The van der Waals surface area contributed by atoms with Gasteiger partial charge in [-0.25, -0.2) is 0 Å². The fourth-order valence-corrected chi connectivity index (χ4v) is 3.07. The van der Waals surface area contributed by atoms with E-state index in [0.29, 0.717) is 12.8 Å². The molecular weight excluding hydrogens is 224 g/mol. The van der Waals surface area contributed by atoms with Crippen LogP contribution in [0.1, 0.15) is 29.8 Å². The van der Waals surface area contributed by atoms with Crippen molar-refractivity contribution in [3.8, 4) is 0 Å². The summed E-state index contributed by atoms with van der Waals surface area (Å²) in [7, 11) is 0. The van der Waals surface area contributed by atoms with Crippen LogP contribution in [0.2, 0.25) is 0 Å². The van der Waals surface area contributed by atoms with Gasteiger partial charge in [-0.15, -0.1) is 0 Å². The molecule has 1 aromatic heterocycles. The summed E-state index contributed by atoms with van der Waals surface area (Å²) >= 11 is 0. The van der Waals surface area contributed by atoms with Crippen LogP contribution in [-0.4, -0.2) is 39.0 Å². The second kappa shape index (κ2) is 3.54. The van der Waals surface area contributed by atoms with E-state index in [-0.39, 0.29) is 17.5 Å². The number of aliphatic hydroxyl groups is 2. The highest BCUT2D eigenvalue weighted by Crippen LogP contribution is 2.47. The molecule has 0 saturated heterocycles. The Bertz CT molecular complexity index is 433. The first-order chi connectivity index (χ1) is 8.12. The van der Waals surface area contributed by atoms with Crippen LogP contribution in [0.4, 0.5) is 0 Å². The molecule has 3 rings (SSSR count). The molecule has 92 valence electrons. The Labute approximate surface area is 97.6 Å². The van der Waals surface area contributed by atoms with Gasteiger partial charge in [0.2, 0.25) is 0 Å². The van der Waals surface area contributed by atoms with Gasteiger partial charge in [-0.1, -0.05) is 5.16 Å². The summed E-state index contributed by atoms with van der Waals surface area (Å²) in [5.74, 6) is -0.282. The van der Waals surface area contributed by atoms with E-state index < -0.39 is 17.7 Å². The molecule has 1 aromatic rings. The molecule has 0 radical (unpaired) electrons. The number of nitrogens with zero attached hydrogens (tertiary/aromatic N) is 1. The lowest BCUT2D eigenvalue weighted by Gasteiger charge is -2.34.